The van der Waals surface area contributed by atoms with Crippen molar-refractivity contribution in [1.29, 1.82) is 0 Å². The van der Waals surface area contributed by atoms with E-state index in [0.717, 1.165) is 11.1 Å². The van der Waals surface area contributed by atoms with Crippen molar-refractivity contribution in [1.82, 2.24) is 0 Å². The summed E-state index contributed by atoms with van der Waals surface area (Å²) in [5.41, 5.74) is 1.90. The third-order valence-electron chi connectivity index (χ3n) is 4.23. The van der Waals surface area contributed by atoms with Crippen molar-refractivity contribution < 1.29 is 28.5 Å². The normalized spacial score (nSPS) is 26.7. The fourth-order valence-electron chi connectivity index (χ4n) is 3.41. The number of rotatable bonds is 2. The van der Waals surface area contributed by atoms with Gasteiger partial charge in [0, 0.05) is 13.8 Å². The third kappa shape index (κ3) is 3.03. The Bertz CT molecular complexity index is 632. The van der Waals surface area contributed by atoms with E-state index in [9.17, 15) is 9.59 Å². The topological polar surface area (TPSA) is 71.1 Å². The van der Waals surface area contributed by atoms with Crippen LogP contribution in [0.5, 0.6) is 0 Å². The molecule has 0 amide bonds. The molecule has 1 heterocycles. The monoisotopic (exact) mass is 334 g/mol. The highest BCUT2D eigenvalue weighted by Gasteiger charge is 2.60. The van der Waals surface area contributed by atoms with Crippen LogP contribution in [0.2, 0.25) is 0 Å². The molecule has 24 heavy (non-hydrogen) atoms. The van der Waals surface area contributed by atoms with Crippen LogP contribution in [-0.2, 0) is 35.0 Å². The molecule has 1 aliphatic heterocycles. The second kappa shape index (κ2) is 5.86. The number of hydrogen-bond acceptors (Lipinski definition) is 6. The van der Waals surface area contributed by atoms with E-state index in [-0.39, 0.29) is 0 Å². The van der Waals surface area contributed by atoms with Gasteiger partial charge in [0.15, 0.2) is 11.9 Å². The van der Waals surface area contributed by atoms with Gasteiger partial charge in [0.25, 0.3) is 0 Å². The van der Waals surface area contributed by atoms with Gasteiger partial charge in [-0.15, -0.1) is 0 Å². The largest absolute Gasteiger partial charge is 0.417 e. The molecule has 2 aliphatic carbocycles. The van der Waals surface area contributed by atoms with Crippen molar-refractivity contribution in [2.75, 3.05) is 0 Å². The molecule has 6 nitrogen and oxygen atoms in total. The highest BCUT2D eigenvalue weighted by atomic mass is 16.8. The van der Waals surface area contributed by atoms with Crippen LogP contribution in [-0.4, -0.2) is 29.6 Å². The van der Waals surface area contributed by atoms with Gasteiger partial charge in [-0.05, 0) is 37.8 Å². The minimum atomic E-state index is -1.64. The van der Waals surface area contributed by atoms with E-state index >= 15 is 0 Å². The van der Waals surface area contributed by atoms with Gasteiger partial charge in [0.05, 0.1) is 0 Å². The van der Waals surface area contributed by atoms with E-state index in [1.54, 1.807) is 13.8 Å². The molecule has 0 saturated carbocycles. The zero-order valence-electron chi connectivity index (χ0n) is 14.3. The van der Waals surface area contributed by atoms with Gasteiger partial charge in [0.1, 0.15) is 6.10 Å². The summed E-state index contributed by atoms with van der Waals surface area (Å²) in [5.74, 6) is -3.67. The summed E-state index contributed by atoms with van der Waals surface area (Å²) in [7, 11) is 0. The van der Waals surface area contributed by atoms with Crippen molar-refractivity contribution in [3.8, 4) is 0 Å². The third-order valence-corrected chi connectivity index (χ3v) is 4.23. The minimum Gasteiger partial charge on any atom is -0.417 e. The van der Waals surface area contributed by atoms with Crippen LogP contribution in [0.1, 0.15) is 51.3 Å². The molecule has 3 aliphatic rings. The Morgan fingerprint density at radius 2 is 1.62 bits per heavy atom. The molecule has 2 atom stereocenters. The van der Waals surface area contributed by atoms with Crippen LogP contribution in [0.25, 0.3) is 0 Å². The lowest BCUT2D eigenvalue weighted by Gasteiger charge is -2.51. The van der Waals surface area contributed by atoms with Crippen molar-refractivity contribution in [3.63, 3.8) is 0 Å². The average molecular weight is 334 g/mol. The summed E-state index contributed by atoms with van der Waals surface area (Å²) in [5, 5.41) is 0. The lowest BCUT2D eigenvalue weighted by molar-refractivity contribution is -0.417. The Kier molecular flexibility index (Phi) is 4.13. The molecule has 1 saturated heterocycles. The maximum atomic E-state index is 11.8. The van der Waals surface area contributed by atoms with E-state index < -0.39 is 35.7 Å². The maximum absolute atomic E-state index is 11.8. The van der Waals surface area contributed by atoms with Crippen LogP contribution in [0.3, 0.4) is 0 Å². The number of hydrogen-bond donors (Lipinski definition) is 0. The molecule has 130 valence electrons. The number of fused-ring (bicyclic) bond motifs is 3. The molecule has 4 rings (SSSR count). The number of carbonyl (C=O) groups excluding carboxylic acids is 2. The first-order chi connectivity index (χ1) is 11.2. The zero-order valence-corrected chi connectivity index (χ0v) is 14.3. The Labute approximate surface area is 141 Å². The quantitative estimate of drug-likeness (QED) is 0.612. The molecule has 0 radical (unpaired) electrons. The van der Waals surface area contributed by atoms with Gasteiger partial charge in [-0.1, -0.05) is 24.3 Å². The van der Waals surface area contributed by atoms with Crippen molar-refractivity contribution in [3.05, 3.63) is 35.4 Å². The smallest absolute Gasteiger partial charge is 0.313 e. The van der Waals surface area contributed by atoms with Crippen molar-refractivity contribution in [2.45, 2.75) is 64.3 Å². The van der Waals surface area contributed by atoms with E-state index in [4.69, 9.17) is 18.9 Å². The maximum Gasteiger partial charge on any atom is 0.313 e. The molecule has 2 unspecified atom stereocenters. The highest BCUT2D eigenvalue weighted by molar-refractivity contribution is 5.69. The number of carbonyl (C=O) groups is 2. The predicted octanol–water partition coefficient (Wildman–Crippen LogP) is 2.65. The van der Waals surface area contributed by atoms with Gasteiger partial charge < -0.3 is 18.9 Å². The lowest BCUT2D eigenvalue weighted by atomic mass is 9.92. The fraction of sp³-hybridized carbons (Fsp3) is 0.556. The second-order valence-electron chi connectivity index (χ2n) is 6.69. The van der Waals surface area contributed by atoms with Gasteiger partial charge in [-0.2, -0.15) is 0 Å². The predicted molar refractivity (Wildman–Crippen MR) is 83.8 cm³/mol. The highest BCUT2D eigenvalue weighted by Crippen LogP contribution is 2.48. The van der Waals surface area contributed by atoms with Crippen LogP contribution in [0.4, 0.5) is 0 Å². The molecule has 0 aromatic heterocycles. The average Bonchev–Trinajstić information content (AvgIpc) is 2.51. The molecule has 6 heteroatoms. The van der Waals surface area contributed by atoms with Gasteiger partial charge in [-0.3, -0.25) is 9.59 Å². The van der Waals surface area contributed by atoms with Gasteiger partial charge >= 0.3 is 17.7 Å². The van der Waals surface area contributed by atoms with E-state index in [1.165, 1.54) is 13.8 Å². The fourth-order valence-corrected chi connectivity index (χ4v) is 3.41. The first-order valence-electron chi connectivity index (χ1n) is 8.05. The second-order valence-corrected chi connectivity index (χ2v) is 6.69. The molecule has 1 aromatic carbocycles. The summed E-state index contributed by atoms with van der Waals surface area (Å²) in [6, 6.07) is 7.81. The number of ether oxygens (including phenoxy) is 4. The lowest BCUT2D eigenvalue weighted by Crippen LogP contribution is -2.62. The molecule has 4 bridgehead atoms. The summed E-state index contributed by atoms with van der Waals surface area (Å²) < 4.78 is 23.2. The number of esters is 2. The summed E-state index contributed by atoms with van der Waals surface area (Å²) in [4.78, 5) is 23.6. The SMILES string of the molecule is CC(=O)OC1(OC(C)=O)C2CCc3ccc(cc3)C1OC(C)(C)O2. The molecular formula is C18H22O6. The summed E-state index contributed by atoms with van der Waals surface area (Å²) in [6.45, 7) is 6.15. The van der Waals surface area contributed by atoms with Crippen LogP contribution in [0, 0.1) is 0 Å². The minimum absolute atomic E-state index is 0.529. The Balaban J connectivity index is 2.17. The number of benzene rings is 1. The summed E-state index contributed by atoms with van der Waals surface area (Å²) >= 11 is 0. The standard InChI is InChI=1S/C18H22O6/c1-11(19)21-18(22-12(2)20)15-10-7-13-5-8-14(9-6-13)16(18)24-17(3,4)23-15/h5-6,8-9,15-16H,7,10H2,1-4H3. The Morgan fingerprint density at radius 3 is 2.17 bits per heavy atom. The zero-order chi connectivity index (χ0) is 17.5. The molecule has 0 spiro atoms. The molecule has 1 fully saturated rings. The molecule has 0 N–H and O–H groups in total. The molecular weight excluding hydrogens is 312 g/mol. The first kappa shape index (κ1) is 16.9. The van der Waals surface area contributed by atoms with E-state index in [0.29, 0.717) is 12.8 Å². The number of aryl methyl sites for hydroxylation is 1. The van der Waals surface area contributed by atoms with E-state index in [1.807, 2.05) is 24.3 Å². The van der Waals surface area contributed by atoms with Crippen LogP contribution >= 0.6 is 0 Å². The van der Waals surface area contributed by atoms with Crippen LogP contribution < -0.4 is 0 Å². The van der Waals surface area contributed by atoms with Crippen molar-refractivity contribution in [2.24, 2.45) is 0 Å². The molecule has 1 aromatic rings. The van der Waals surface area contributed by atoms with Crippen molar-refractivity contribution >= 4 is 11.9 Å². The van der Waals surface area contributed by atoms with Gasteiger partial charge in [-0.25, -0.2) is 0 Å². The van der Waals surface area contributed by atoms with Crippen LogP contribution in [0.15, 0.2) is 24.3 Å². The Morgan fingerprint density at radius 1 is 1.04 bits per heavy atom. The Hall–Kier alpha value is -1.92. The van der Waals surface area contributed by atoms with E-state index in [2.05, 4.69) is 0 Å². The first-order valence-corrected chi connectivity index (χ1v) is 8.05. The van der Waals surface area contributed by atoms with Gasteiger partial charge in [0.2, 0.25) is 0 Å². The summed E-state index contributed by atoms with van der Waals surface area (Å²) in [6.07, 6.45) is -0.172.